The van der Waals surface area contributed by atoms with Crippen LogP contribution in [-0.4, -0.2) is 28.4 Å². The van der Waals surface area contributed by atoms with Gasteiger partial charge in [0.2, 0.25) is 0 Å². The molecule has 0 rings (SSSR count). The predicted octanol–water partition coefficient (Wildman–Crippen LogP) is -1.73. The van der Waals surface area contributed by atoms with Crippen LogP contribution in [0.2, 0.25) is 0 Å². The van der Waals surface area contributed by atoms with Gasteiger partial charge >= 0.3 is 18.2 Å². The number of carbonyl (C=O) groups is 3. The van der Waals surface area contributed by atoms with Crippen LogP contribution in [0.3, 0.4) is 0 Å². The zero-order valence-corrected chi connectivity index (χ0v) is 5.93. The highest BCUT2D eigenvalue weighted by Gasteiger charge is 1.70. The summed E-state index contributed by atoms with van der Waals surface area (Å²) in [7, 11) is 0. The van der Waals surface area contributed by atoms with Gasteiger partial charge in [-0.15, -0.1) is 0 Å². The van der Waals surface area contributed by atoms with Crippen molar-refractivity contribution in [1.29, 1.82) is 0 Å². The lowest BCUT2D eigenvalue weighted by Gasteiger charge is -1.62. The second kappa shape index (κ2) is 11.6. The molecule has 0 saturated carbocycles. The van der Waals surface area contributed by atoms with Crippen LogP contribution in [0.1, 0.15) is 0 Å². The minimum Gasteiger partial charge on any atom is -0.450 e. The monoisotopic (exact) mass is 182 g/mol. The first-order valence-corrected chi connectivity index (χ1v) is 2.21. The molecule has 0 radical (unpaired) electrons. The van der Waals surface area contributed by atoms with E-state index in [1.807, 2.05) is 0 Å². The highest BCUT2D eigenvalue weighted by atomic mass is 16.6. The van der Waals surface area contributed by atoms with Crippen molar-refractivity contribution < 1.29 is 24.6 Å². The highest BCUT2D eigenvalue weighted by Crippen LogP contribution is 1.42. The third-order valence-corrected chi connectivity index (χ3v) is 0. The molecule has 0 heterocycles. The summed E-state index contributed by atoms with van der Waals surface area (Å²) < 4.78 is 0. The first kappa shape index (κ1) is 16.4. The van der Waals surface area contributed by atoms with Gasteiger partial charge in [0.25, 0.3) is 0 Å². The van der Waals surface area contributed by atoms with E-state index in [1.165, 1.54) is 0 Å². The first-order valence-electron chi connectivity index (χ1n) is 2.21. The second-order valence-electron chi connectivity index (χ2n) is 1.09. The van der Waals surface area contributed by atoms with Gasteiger partial charge in [-0.25, -0.2) is 14.4 Å². The van der Waals surface area contributed by atoms with Crippen LogP contribution in [0.15, 0.2) is 0 Å². The van der Waals surface area contributed by atoms with Crippen molar-refractivity contribution in [2.45, 2.75) is 0 Å². The molecule has 9 nitrogen and oxygen atoms in total. The Labute approximate surface area is 66.9 Å². The van der Waals surface area contributed by atoms with Gasteiger partial charge in [0.05, 0.1) is 0 Å². The topological polar surface area (TPSA) is 196 Å². The third-order valence-electron chi connectivity index (χ3n) is 0. The molecule has 0 aromatic rings. The van der Waals surface area contributed by atoms with Crippen molar-refractivity contribution in [2.24, 2.45) is 22.9 Å². The molecule has 0 aromatic carbocycles. The molecule has 0 fully saturated rings. The van der Waals surface area contributed by atoms with Crippen molar-refractivity contribution in [3.8, 4) is 0 Å². The van der Waals surface area contributed by atoms with Gasteiger partial charge in [0, 0.05) is 0 Å². The Kier molecular flexibility index (Phi) is 15.9. The van der Waals surface area contributed by atoms with E-state index in [1.54, 1.807) is 0 Å². The minimum absolute atomic E-state index is 0.833. The van der Waals surface area contributed by atoms with Gasteiger partial charge in [0.1, 0.15) is 0 Å². The largest absolute Gasteiger partial charge is 0.503 e. The number of rotatable bonds is 0. The summed E-state index contributed by atoms with van der Waals surface area (Å²) in [6.45, 7) is 0. The average Bonchev–Trinajstić information content (AvgIpc) is 1.54. The number of carbonyl (C=O) groups excluding carboxylic acids is 2. The maximum absolute atomic E-state index is 9.00. The summed E-state index contributed by atoms with van der Waals surface area (Å²) >= 11 is 0. The van der Waals surface area contributed by atoms with E-state index >= 15 is 0 Å². The number of urea groups is 2. The molecule has 0 bridgehead atoms. The average molecular weight is 182 g/mol. The molecule has 4 amide bonds. The van der Waals surface area contributed by atoms with Crippen LogP contribution >= 0.6 is 0 Å². The quantitative estimate of drug-likeness (QED) is 0.258. The van der Waals surface area contributed by atoms with Crippen LogP contribution in [0.4, 0.5) is 14.4 Å². The zero-order chi connectivity index (χ0) is 10.7. The molecule has 0 atom stereocenters. The molecular formula is C3H10N4O5. The number of nitrogens with two attached hydrogens (primary N) is 4. The van der Waals surface area contributed by atoms with Crippen molar-refractivity contribution in [3.05, 3.63) is 0 Å². The Hall–Kier alpha value is -2.19. The maximum atomic E-state index is 9.00. The third kappa shape index (κ3) is 75.5. The molecule has 0 spiro atoms. The number of hydrogen-bond acceptors (Lipinski definition) is 3. The Morgan fingerprint density at radius 1 is 0.750 bits per heavy atom. The lowest BCUT2D eigenvalue weighted by atomic mass is 11.2. The number of amides is 4. The number of primary amides is 4. The van der Waals surface area contributed by atoms with Crippen LogP contribution < -0.4 is 22.9 Å². The van der Waals surface area contributed by atoms with Crippen LogP contribution in [0.25, 0.3) is 0 Å². The molecule has 10 N–H and O–H groups in total. The first-order chi connectivity index (χ1) is 5.20. The molecule has 72 valence electrons. The lowest BCUT2D eigenvalue weighted by Crippen LogP contribution is -2.18. The van der Waals surface area contributed by atoms with Crippen molar-refractivity contribution in [2.75, 3.05) is 0 Å². The van der Waals surface area contributed by atoms with Crippen LogP contribution in [0, 0.1) is 0 Å². The molecule has 0 saturated heterocycles. The zero-order valence-electron chi connectivity index (χ0n) is 5.93. The Bertz CT molecular complexity index is 116. The van der Waals surface area contributed by atoms with E-state index < -0.39 is 18.2 Å². The predicted molar refractivity (Wildman–Crippen MR) is 38.2 cm³/mol. The number of hydrogen-bond donors (Lipinski definition) is 6. The Balaban J connectivity index is -0.000000101. The van der Waals surface area contributed by atoms with Gasteiger partial charge in [-0.1, -0.05) is 0 Å². The maximum Gasteiger partial charge on any atom is 0.503 e. The fourth-order valence-corrected chi connectivity index (χ4v) is 0. The highest BCUT2D eigenvalue weighted by molar-refractivity contribution is 5.69. The summed E-state index contributed by atoms with van der Waals surface area (Å²) in [6, 6.07) is -1.67. The fraction of sp³-hybridized carbons (Fsp3) is 0. The van der Waals surface area contributed by atoms with E-state index in [0.717, 1.165) is 0 Å². The van der Waals surface area contributed by atoms with E-state index in [2.05, 4.69) is 22.9 Å². The van der Waals surface area contributed by atoms with Gasteiger partial charge in [-0.2, -0.15) is 0 Å². The number of carboxylic acid groups (broad SMARTS) is 2. The summed E-state index contributed by atoms with van der Waals surface area (Å²) in [4.78, 5) is 26.6. The summed E-state index contributed by atoms with van der Waals surface area (Å²) in [5.74, 6) is 0. The lowest BCUT2D eigenvalue weighted by molar-refractivity contribution is 0.137. The van der Waals surface area contributed by atoms with Gasteiger partial charge in [0.15, 0.2) is 0 Å². The second-order valence-corrected chi connectivity index (χ2v) is 1.09. The molecule has 12 heavy (non-hydrogen) atoms. The van der Waals surface area contributed by atoms with Gasteiger partial charge in [-0.05, 0) is 0 Å². The molecule has 0 aliphatic rings. The van der Waals surface area contributed by atoms with E-state index in [-0.39, 0.29) is 0 Å². The van der Waals surface area contributed by atoms with Crippen LogP contribution in [0.5, 0.6) is 0 Å². The normalized spacial score (nSPS) is 6.00. The van der Waals surface area contributed by atoms with E-state index in [4.69, 9.17) is 24.6 Å². The fourth-order valence-electron chi connectivity index (χ4n) is 0. The van der Waals surface area contributed by atoms with Gasteiger partial charge < -0.3 is 33.1 Å². The molecule has 0 aliphatic heterocycles. The molecule has 0 unspecified atom stereocenters. The van der Waals surface area contributed by atoms with Crippen molar-refractivity contribution in [1.82, 2.24) is 0 Å². The standard InChI is InChI=1S/2CH4N2O.CH2O3/c3*2-1(3)4/h2*(H4,2,3,4);(H2,2,3,4). The van der Waals surface area contributed by atoms with E-state index in [0.29, 0.717) is 0 Å². The van der Waals surface area contributed by atoms with Crippen molar-refractivity contribution in [3.63, 3.8) is 0 Å². The molecular weight excluding hydrogens is 172 g/mol. The van der Waals surface area contributed by atoms with E-state index in [9.17, 15) is 0 Å². The summed E-state index contributed by atoms with van der Waals surface area (Å²) in [5, 5.41) is 13.9. The summed E-state index contributed by atoms with van der Waals surface area (Å²) in [5.41, 5.74) is 17.0. The molecule has 0 aromatic heterocycles. The SMILES string of the molecule is NC(N)=O.NC(N)=O.O=C(O)O. The molecule has 9 heteroatoms. The Morgan fingerprint density at radius 2 is 0.750 bits per heavy atom. The van der Waals surface area contributed by atoms with Crippen LogP contribution in [-0.2, 0) is 0 Å². The van der Waals surface area contributed by atoms with Crippen molar-refractivity contribution >= 4 is 18.2 Å². The Morgan fingerprint density at radius 3 is 0.750 bits per heavy atom. The summed E-state index contributed by atoms with van der Waals surface area (Å²) in [6.07, 6.45) is -1.83. The smallest absolute Gasteiger partial charge is 0.450 e. The molecule has 0 aliphatic carbocycles. The minimum atomic E-state index is -1.83. The van der Waals surface area contributed by atoms with Gasteiger partial charge in [-0.3, -0.25) is 0 Å².